The van der Waals surface area contributed by atoms with E-state index in [0.29, 0.717) is 17.9 Å². The Bertz CT molecular complexity index is 584. The van der Waals surface area contributed by atoms with Crippen molar-refractivity contribution in [3.8, 4) is 0 Å². The number of hydrogen-bond acceptors (Lipinski definition) is 5. The minimum Gasteiger partial charge on any atom is -0.399 e. The third-order valence-electron chi connectivity index (χ3n) is 2.89. The number of nitrogens with two attached hydrogens (primary N) is 2. The molecular formula is C15H20N4O. The molecule has 0 aliphatic heterocycles. The summed E-state index contributed by atoms with van der Waals surface area (Å²) >= 11 is 0. The van der Waals surface area contributed by atoms with Crippen molar-refractivity contribution in [2.45, 2.75) is 19.7 Å². The van der Waals surface area contributed by atoms with Crippen LogP contribution < -0.4 is 22.1 Å². The molecule has 0 amide bonds. The molecule has 106 valence electrons. The predicted octanol–water partition coefficient (Wildman–Crippen LogP) is 2.21. The van der Waals surface area contributed by atoms with Crippen molar-refractivity contribution in [1.29, 1.82) is 0 Å². The highest BCUT2D eigenvalue weighted by Gasteiger charge is 2.01. The molecule has 5 heteroatoms. The van der Waals surface area contributed by atoms with Crippen LogP contribution in [0.1, 0.15) is 12.5 Å². The van der Waals surface area contributed by atoms with Crippen LogP contribution in [0.2, 0.25) is 0 Å². The minimum absolute atomic E-state index is 0.588. The Labute approximate surface area is 118 Å². The van der Waals surface area contributed by atoms with Crippen molar-refractivity contribution in [1.82, 2.24) is 0 Å². The maximum atomic E-state index is 9.31. The van der Waals surface area contributed by atoms with Gasteiger partial charge in [0.05, 0.1) is 0 Å². The first-order valence-electron chi connectivity index (χ1n) is 6.47. The molecule has 2 aromatic rings. The lowest BCUT2D eigenvalue weighted by molar-refractivity contribution is 0.224. The average molecular weight is 272 g/mol. The summed E-state index contributed by atoms with van der Waals surface area (Å²) in [5.41, 5.74) is 15.8. The first-order chi connectivity index (χ1) is 9.54. The van der Waals surface area contributed by atoms with Crippen molar-refractivity contribution in [2.24, 2.45) is 0 Å². The SMILES string of the molecule is CC(O)Nc1cccc(NCc2cc(N)ccc2N)c1. The second-order valence-electron chi connectivity index (χ2n) is 4.71. The van der Waals surface area contributed by atoms with E-state index >= 15 is 0 Å². The minimum atomic E-state index is -0.588. The Morgan fingerprint density at radius 1 is 1.10 bits per heavy atom. The summed E-state index contributed by atoms with van der Waals surface area (Å²) in [5.74, 6) is 0. The lowest BCUT2D eigenvalue weighted by atomic mass is 10.1. The van der Waals surface area contributed by atoms with Gasteiger partial charge in [0.1, 0.15) is 6.23 Å². The van der Waals surface area contributed by atoms with Crippen LogP contribution in [0.5, 0.6) is 0 Å². The maximum absolute atomic E-state index is 9.31. The van der Waals surface area contributed by atoms with Gasteiger partial charge in [-0.2, -0.15) is 0 Å². The summed E-state index contributed by atoms with van der Waals surface area (Å²) in [7, 11) is 0. The van der Waals surface area contributed by atoms with Crippen LogP contribution in [0.3, 0.4) is 0 Å². The summed E-state index contributed by atoms with van der Waals surface area (Å²) in [6.07, 6.45) is -0.588. The van der Waals surface area contributed by atoms with Gasteiger partial charge >= 0.3 is 0 Å². The van der Waals surface area contributed by atoms with E-state index in [-0.39, 0.29) is 0 Å². The fraction of sp³-hybridized carbons (Fsp3) is 0.200. The van der Waals surface area contributed by atoms with Crippen molar-refractivity contribution in [3.63, 3.8) is 0 Å². The van der Waals surface area contributed by atoms with Crippen molar-refractivity contribution >= 4 is 22.7 Å². The normalized spacial score (nSPS) is 11.9. The van der Waals surface area contributed by atoms with Crippen LogP contribution in [0, 0.1) is 0 Å². The molecule has 0 bridgehead atoms. The van der Waals surface area contributed by atoms with Gasteiger partial charge in [-0.3, -0.25) is 0 Å². The fourth-order valence-electron chi connectivity index (χ4n) is 1.94. The van der Waals surface area contributed by atoms with Crippen molar-refractivity contribution in [2.75, 3.05) is 22.1 Å². The number of benzene rings is 2. The molecule has 7 N–H and O–H groups in total. The van der Waals surface area contributed by atoms with E-state index in [2.05, 4.69) is 10.6 Å². The summed E-state index contributed by atoms with van der Waals surface area (Å²) in [6.45, 7) is 2.27. The average Bonchev–Trinajstić information content (AvgIpc) is 2.39. The first kappa shape index (κ1) is 14.0. The smallest absolute Gasteiger partial charge is 0.121 e. The van der Waals surface area contributed by atoms with Gasteiger partial charge in [-0.05, 0) is 48.9 Å². The topological polar surface area (TPSA) is 96.3 Å². The molecule has 0 aliphatic rings. The standard InChI is InChI=1S/C15H20N4O/c1-10(20)19-14-4-2-3-13(8-14)18-9-11-7-12(16)5-6-15(11)17/h2-8,10,18-20H,9,16-17H2,1H3. The van der Waals surface area contributed by atoms with Gasteiger partial charge in [0.25, 0.3) is 0 Å². The van der Waals surface area contributed by atoms with Crippen LogP contribution in [0.15, 0.2) is 42.5 Å². The molecule has 2 rings (SSSR count). The molecule has 0 radical (unpaired) electrons. The summed E-state index contributed by atoms with van der Waals surface area (Å²) in [4.78, 5) is 0. The molecule has 20 heavy (non-hydrogen) atoms. The number of aliphatic hydroxyl groups excluding tert-OH is 1. The second-order valence-corrected chi connectivity index (χ2v) is 4.71. The molecule has 0 fully saturated rings. The lowest BCUT2D eigenvalue weighted by Crippen LogP contribution is -2.13. The summed E-state index contributed by atoms with van der Waals surface area (Å²) in [5, 5.41) is 15.5. The number of nitrogens with one attached hydrogen (secondary N) is 2. The van der Waals surface area contributed by atoms with Crippen LogP contribution >= 0.6 is 0 Å². The fourth-order valence-corrected chi connectivity index (χ4v) is 1.94. The van der Waals surface area contributed by atoms with Crippen LogP contribution in [0.25, 0.3) is 0 Å². The molecule has 0 spiro atoms. The Hall–Kier alpha value is -2.40. The molecule has 0 aromatic heterocycles. The Kier molecular flexibility index (Phi) is 4.32. The van der Waals surface area contributed by atoms with E-state index in [0.717, 1.165) is 16.9 Å². The van der Waals surface area contributed by atoms with Crippen LogP contribution in [-0.2, 0) is 6.54 Å². The van der Waals surface area contributed by atoms with E-state index in [1.54, 1.807) is 19.1 Å². The van der Waals surface area contributed by atoms with Crippen LogP contribution in [-0.4, -0.2) is 11.3 Å². The first-order valence-corrected chi connectivity index (χ1v) is 6.47. The highest BCUT2D eigenvalue weighted by atomic mass is 16.3. The van der Waals surface area contributed by atoms with Crippen molar-refractivity contribution in [3.05, 3.63) is 48.0 Å². The summed E-state index contributed by atoms with van der Waals surface area (Å²) in [6, 6.07) is 13.1. The molecule has 5 nitrogen and oxygen atoms in total. The Balaban J connectivity index is 2.05. The second kappa shape index (κ2) is 6.16. The number of hydrogen-bond donors (Lipinski definition) is 5. The zero-order valence-corrected chi connectivity index (χ0v) is 11.4. The van der Waals surface area contributed by atoms with E-state index < -0.39 is 6.23 Å². The molecule has 0 saturated carbocycles. The number of nitrogen functional groups attached to an aromatic ring is 2. The zero-order valence-electron chi connectivity index (χ0n) is 11.4. The third-order valence-corrected chi connectivity index (χ3v) is 2.89. The molecule has 1 atom stereocenters. The van der Waals surface area contributed by atoms with Gasteiger partial charge in [-0.25, -0.2) is 0 Å². The quantitative estimate of drug-likeness (QED) is 0.425. The van der Waals surface area contributed by atoms with Gasteiger partial charge in [0.2, 0.25) is 0 Å². The highest BCUT2D eigenvalue weighted by Crippen LogP contribution is 2.19. The van der Waals surface area contributed by atoms with E-state index in [1.807, 2.05) is 30.3 Å². The molecule has 1 unspecified atom stereocenters. The van der Waals surface area contributed by atoms with Gasteiger partial charge < -0.3 is 27.2 Å². The van der Waals surface area contributed by atoms with Crippen molar-refractivity contribution < 1.29 is 5.11 Å². The van der Waals surface area contributed by atoms with Gasteiger partial charge in [-0.15, -0.1) is 0 Å². The van der Waals surface area contributed by atoms with Gasteiger partial charge in [0, 0.05) is 29.3 Å². The number of rotatable bonds is 5. The van der Waals surface area contributed by atoms with Gasteiger partial charge in [-0.1, -0.05) is 6.07 Å². The Morgan fingerprint density at radius 2 is 1.85 bits per heavy atom. The predicted molar refractivity (Wildman–Crippen MR) is 84.3 cm³/mol. The van der Waals surface area contributed by atoms with E-state index in [4.69, 9.17) is 11.5 Å². The largest absolute Gasteiger partial charge is 0.399 e. The number of anilines is 4. The molecule has 0 heterocycles. The van der Waals surface area contributed by atoms with Gasteiger partial charge in [0.15, 0.2) is 0 Å². The zero-order chi connectivity index (χ0) is 14.5. The van der Waals surface area contributed by atoms with E-state index in [9.17, 15) is 5.11 Å². The molecule has 0 saturated heterocycles. The molecule has 2 aromatic carbocycles. The third kappa shape index (κ3) is 3.80. The maximum Gasteiger partial charge on any atom is 0.121 e. The Morgan fingerprint density at radius 3 is 2.60 bits per heavy atom. The summed E-state index contributed by atoms with van der Waals surface area (Å²) < 4.78 is 0. The highest BCUT2D eigenvalue weighted by molar-refractivity contribution is 5.59. The molecule has 0 aliphatic carbocycles. The molecular weight excluding hydrogens is 252 g/mol. The lowest BCUT2D eigenvalue weighted by Gasteiger charge is -2.13. The van der Waals surface area contributed by atoms with E-state index in [1.165, 1.54) is 0 Å². The van der Waals surface area contributed by atoms with Crippen LogP contribution in [0.4, 0.5) is 22.7 Å². The monoisotopic (exact) mass is 272 g/mol. The number of aliphatic hydroxyl groups is 1.